The van der Waals surface area contributed by atoms with E-state index in [-0.39, 0.29) is 0 Å². The number of rotatable bonds is 6. The molecule has 1 saturated heterocycles. The summed E-state index contributed by atoms with van der Waals surface area (Å²) in [7, 11) is 0. The number of aliphatic hydroxyl groups is 1. The van der Waals surface area contributed by atoms with E-state index in [0.29, 0.717) is 17.0 Å². The number of aryl methyl sites for hydroxylation is 1. The lowest BCUT2D eigenvalue weighted by Crippen LogP contribution is -2.44. The first-order chi connectivity index (χ1) is 11.1. The van der Waals surface area contributed by atoms with Gasteiger partial charge in [0.25, 0.3) is 0 Å². The molecule has 1 aromatic rings. The number of likely N-dealkylation sites (tertiary alicyclic amines) is 1. The van der Waals surface area contributed by atoms with Gasteiger partial charge >= 0.3 is 0 Å². The molecule has 0 aromatic carbocycles. The standard InChI is InChI=1S/C18H30ClN3O/c1-3-5-8-16-20-15(17(19)21-16)12-22-10-13-7-6-9-18(23,4-2)14(13)11-22/h13-14,23H,3-12H2,1-2H3,(H,20,21)/t13-,14+,18-/m0/s1. The maximum atomic E-state index is 10.9. The highest BCUT2D eigenvalue weighted by atomic mass is 35.5. The predicted octanol–water partition coefficient (Wildman–Crippen LogP) is 3.78. The predicted molar refractivity (Wildman–Crippen MR) is 93.6 cm³/mol. The number of aromatic nitrogens is 2. The van der Waals surface area contributed by atoms with Crippen molar-refractivity contribution in [3.63, 3.8) is 0 Å². The van der Waals surface area contributed by atoms with Gasteiger partial charge in [-0.15, -0.1) is 0 Å². The van der Waals surface area contributed by atoms with E-state index in [9.17, 15) is 5.11 Å². The molecular weight excluding hydrogens is 310 g/mol. The number of nitrogens with zero attached hydrogens (tertiary/aromatic N) is 2. The number of H-pyrrole nitrogens is 1. The van der Waals surface area contributed by atoms with Crippen LogP contribution in [0.25, 0.3) is 0 Å². The summed E-state index contributed by atoms with van der Waals surface area (Å²) in [4.78, 5) is 10.3. The zero-order chi connectivity index (χ0) is 16.4. The molecule has 3 atom stereocenters. The number of unbranched alkanes of at least 4 members (excludes halogenated alkanes) is 1. The Kier molecular flexibility index (Phi) is 5.34. The van der Waals surface area contributed by atoms with Crippen LogP contribution in [-0.4, -0.2) is 38.7 Å². The summed E-state index contributed by atoms with van der Waals surface area (Å²) in [6.45, 7) is 7.19. The molecule has 3 rings (SSSR count). The van der Waals surface area contributed by atoms with Gasteiger partial charge in [0.15, 0.2) is 5.15 Å². The normalized spacial score (nSPS) is 31.5. The van der Waals surface area contributed by atoms with Crippen molar-refractivity contribution in [2.24, 2.45) is 11.8 Å². The topological polar surface area (TPSA) is 52.1 Å². The largest absolute Gasteiger partial charge is 0.390 e. The molecule has 0 unspecified atom stereocenters. The zero-order valence-electron chi connectivity index (χ0n) is 14.4. The van der Waals surface area contributed by atoms with Gasteiger partial charge < -0.3 is 10.1 Å². The molecule has 2 N–H and O–H groups in total. The SMILES string of the molecule is CCCCc1nc(Cl)c(CN2C[C@@H]3CCC[C@@](O)(CC)[C@@H]3C2)[nH]1. The third-order valence-electron chi connectivity index (χ3n) is 5.93. The van der Waals surface area contributed by atoms with Crippen molar-refractivity contribution in [3.05, 3.63) is 16.7 Å². The third-order valence-corrected chi connectivity index (χ3v) is 6.24. The molecule has 2 aliphatic rings. The fourth-order valence-corrected chi connectivity index (χ4v) is 4.73. The second-order valence-electron chi connectivity index (χ2n) is 7.47. The molecule has 2 heterocycles. The molecule has 0 radical (unpaired) electrons. The molecule has 1 saturated carbocycles. The molecule has 2 fully saturated rings. The van der Waals surface area contributed by atoms with E-state index in [2.05, 4.69) is 28.7 Å². The van der Waals surface area contributed by atoms with Crippen LogP contribution >= 0.6 is 11.6 Å². The van der Waals surface area contributed by atoms with E-state index < -0.39 is 5.60 Å². The van der Waals surface area contributed by atoms with E-state index >= 15 is 0 Å². The minimum Gasteiger partial charge on any atom is -0.390 e. The van der Waals surface area contributed by atoms with Gasteiger partial charge in [0.05, 0.1) is 11.3 Å². The Morgan fingerprint density at radius 2 is 2.22 bits per heavy atom. The smallest absolute Gasteiger partial charge is 0.151 e. The van der Waals surface area contributed by atoms with Crippen LogP contribution in [0.3, 0.4) is 0 Å². The van der Waals surface area contributed by atoms with Gasteiger partial charge in [0.1, 0.15) is 5.82 Å². The Balaban J connectivity index is 1.65. The maximum Gasteiger partial charge on any atom is 0.151 e. The number of nitrogens with one attached hydrogen (secondary N) is 1. The fourth-order valence-electron chi connectivity index (χ4n) is 4.52. The van der Waals surface area contributed by atoms with Crippen molar-refractivity contribution in [1.29, 1.82) is 0 Å². The zero-order valence-corrected chi connectivity index (χ0v) is 15.2. The van der Waals surface area contributed by atoms with Gasteiger partial charge in [-0.1, -0.05) is 38.3 Å². The molecule has 4 nitrogen and oxygen atoms in total. The Hall–Kier alpha value is -0.580. The Labute approximate surface area is 144 Å². The van der Waals surface area contributed by atoms with Gasteiger partial charge in [-0.2, -0.15) is 0 Å². The highest BCUT2D eigenvalue weighted by Gasteiger charge is 2.47. The summed E-state index contributed by atoms with van der Waals surface area (Å²) in [6, 6.07) is 0. The van der Waals surface area contributed by atoms with Crippen molar-refractivity contribution < 1.29 is 5.11 Å². The highest BCUT2D eigenvalue weighted by molar-refractivity contribution is 6.30. The van der Waals surface area contributed by atoms with Gasteiger partial charge in [-0.3, -0.25) is 4.90 Å². The van der Waals surface area contributed by atoms with Crippen LogP contribution in [0.1, 0.15) is 63.9 Å². The van der Waals surface area contributed by atoms with Crippen LogP contribution in [0.15, 0.2) is 0 Å². The molecule has 0 amide bonds. The summed E-state index contributed by atoms with van der Waals surface area (Å²) >= 11 is 6.32. The average Bonchev–Trinajstić information content (AvgIpc) is 3.10. The number of halogens is 1. The molecule has 1 aliphatic heterocycles. The van der Waals surface area contributed by atoms with Crippen molar-refractivity contribution in [2.75, 3.05) is 13.1 Å². The second kappa shape index (κ2) is 7.12. The molecule has 0 bridgehead atoms. The fraction of sp³-hybridized carbons (Fsp3) is 0.833. The van der Waals surface area contributed by atoms with Crippen LogP contribution in [-0.2, 0) is 13.0 Å². The summed E-state index contributed by atoms with van der Waals surface area (Å²) < 4.78 is 0. The van der Waals surface area contributed by atoms with E-state index in [0.717, 1.165) is 63.3 Å². The molecular formula is C18H30ClN3O. The van der Waals surface area contributed by atoms with Crippen LogP contribution in [0.4, 0.5) is 0 Å². The van der Waals surface area contributed by atoms with Crippen LogP contribution < -0.4 is 0 Å². The van der Waals surface area contributed by atoms with Crippen molar-refractivity contribution in [3.8, 4) is 0 Å². The molecule has 23 heavy (non-hydrogen) atoms. The first-order valence-corrected chi connectivity index (χ1v) is 9.61. The van der Waals surface area contributed by atoms with Gasteiger partial charge in [-0.25, -0.2) is 4.98 Å². The number of imidazole rings is 1. The molecule has 0 spiro atoms. The van der Waals surface area contributed by atoms with E-state index in [1.54, 1.807) is 0 Å². The Morgan fingerprint density at radius 3 is 2.96 bits per heavy atom. The Bertz CT molecular complexity index is 532. The van der Waals surface area contributed by atoms with Gasteiger partial charge in [0.2, 0.25) is 0 Å². The molecule has 5 heteroatoms. The monoisotopic (exact) mass is 339 g/mol. The van der Waals surface area contributed by atoms with Crippen molar-refractivity contribution in [1.82, 2.24) is 14.9 Å². The molecule has 1 aliphatic carbocycles. The van der Waals surface area contributed by atoms with Crippen LogP contribution in [0.2, 0.25) is 5.15 Å². The van der Waals surface area contributed by atoms with Crippen LogP contribution in [0, 0.1) is 11.8 Å². The number of aromatic amines is 1. The first kappa shape index (κ1) is 17.2. The maximum absolute atomic E-state index is 10.9. The van der Waals surface area contributed by atoms with E-state index in [1.807, 2.05) is 0 Å². The molecule has 130 valence electrons. The Morgan fingerprint density at radius 1 is 1.39 bits per heavy atom. The summed E-state index contributed by atoms with van der Waals surface area (Å²) in [5.41, 5.74) is 0.582. The average molecular weight is 340 g/mol. The summed E-state index contributed by atoms with van der Waals surface area (Å²) in [5.74, 6) is 2.06. The summed E-state index contributed by atoms with van der Waals surface area (Å²) in [6.07, 6.45) is 7.52. The minimum absolute atomic E-state index is 0.419. The third kappa shape index (κ3) is 3.59. The number of fused-ring (bicyclic) bond motifs is 1. The van der Waals surface area contributed by atoms with Crippen LogP contribution in [0.5, 0.6) is 0 Å². The lowest BCUT2D eigenvalue weighted by Gasteiger charge is -2.40. The minimum atomic E-state index is -0.457. The van der Waals surface area contributed by atoms with Gasteiger partial charge in [0, 0.05) is 32.0 Å². The lowest BCUT2D eigenvalue weighted by atomic mass is 9.69. The second-order valence-corrected chi connectivity index (χ2v) is 7.82. The van der Waals surface area contributed by atoms with Crippen molar-refractivity contribution in [2.45, 2.75) is 70.9 Å². The highest BCUT2D eigenvalue weighted by Crippen LogP contribution is 2.44. The lowest BCUT2D eigenvalue weighted by molar-refractivity contribution is -0.0613. The van der Waals surface area contributed by atoms with E-state index in [4.69, 9.17) is 11.6 Å². The molecule has 1 aromatic heterocycles. The number of hydrogen-bond acceptors (Lipinski definition) is 3. The first-order valence-electron chi connectivity index (χ1n) is 9.23. The number of hydrogen-bond donors (Lipinski definition) is 2. The van der Waals surface area contributed by atoms with Crippen molar-refractivity contribution >= 4 is 11.6 Å². The summed E-state index contributed by atoms with van der Waals surface area (Å²) in [5, 5.41) is 11.5. The van der Waals surface area contributed by atoms with Gasteiger partial charge in [-0.05, 0) is 31.6 Å². The van der Waals surface area contributed by atoms with E-state index in [1.165, 1.54) is 12.8 Å². The quantitative estimate of drug-likeness (QED) is 0.829.